The van der Waals surface area contributed by atoms with Crippen molar-refractivity contribution in [3.63, 3.8) is 0 Å². The minimum absolute atomic E-state index is 0.0642. The molecule has 4 rings (SSSR count). The zero-order valence-electron chi connectivity index (χ0n) is 14.8. The van der Waals surface area contributed by atoms with E-state index in [0.29, 0.717) is 5.92 Å². The number of pyridine rings is 1. The Hall–Kier alpha value is -1.90. The highest BCUT2D eigenvalue weighted by molar-refractivity contribution is 5.76. The Bertz CT molecular complexity index is 792. The summed E-state index contributed by atoms with van der Waals surface area (Å²) in [5.41, 5.74) is 1.46. The second-order valence-corrected chi connectivity index (χ2v) is 8.28. The second-order valence-electron chi connectivity index (χ2n) is 8.28. The number of esters is 1. The molecule has 126 valence electrons. The van der Waals surface area contributed by atoms with E-state index in [1.165, 1.54) is 12.8 Å². The van der Waals surface area contributed by atoms with Gasteiger partial charge in [-0.1, -0.05) is 32.9 Å². The standard InChI is InChI=1S/C21H26NO2/c1-20(2)16-10-11-21(20,3)18(13-16)24-19(23)14-22-12-6-8-15-7-4-5-9-17(15)22/h4-9,12,16,18H,10-11,13-14H2,1-3H3/q+1/t16-,18-,21-/m0/s1. The summed E-state index contributed by atoms with van der Waals surface area (Å²) in [6.45, 7) is 7.28. The predicted molar refractivity (Wildman–Crippen MR) is 93.3 cm³/mol. The van der Waals surface area contributed by atoms with Crippen molar-refractivity contribution in [1.82, 2.24) is 0 Å². The van der Waals surface area contributed by atoms with E-state index in [9.17, 15) is 4.79 Å². The summed E-state index contributed by atoms with van der Waals surface area (Å²) >= 11 is 0. The van der Waals surface area contributed by atoms with Crippen LogP contribution in [0.1, 0.15) is 40.0 Å². The molecule has 2 saturated carbocycles. The maximum absolute atomic E-state index is 12.6. The van der Waals surface area contributed by atoms with E-state index in [2.05, 4.69) is 32.9 Å². The predicted octanol–water partition coefficient (Wildman–Crippen LogP) is 3.89. The lowest BCUT2D eigenvalue weighted by molar-refractivity contribution is -0.660. The van der Waals surface area contributed by atoms with Gasteiger partial charge < -0.3 is 4.74 Å². The van der Waals surface area contributed by atoms with E-state index in [0.717, 1.165) is 17.3 Å². The summed E-state index contributed by atoms with van der Waals surface area (Å²) in [7, 11) is 0. The maximum atomic E-state index is 12.6. The van der Waals surface area contributed by atoms with Gasteiger partial charge in [-0.3, -0.25) is 0 Å². The van der Waals surface area contributed by atoms with Gasteiger partial charge in [-0.25, -0.2) is 4.79 Å². The normalized spacial score (nSPS) is 30.6. The Labute approximate surface area is 143 Å². The topological polar surface area (TPSA) is 30.2 Å². The number of aromatic nitrogens is 1. The van der Waals surface area contributed by atoms with Crippen molar-refractivity contribution in [3.8, 4) is 0 Å². The Kier molecular flexibility index (Phi) is 3.45. The van der Waals surface area contributed by atoms with Crippen LogP contribution in [0.3, 0.4) is 0 Å². The molecule has 24 heavy (non-hydrogen) atoms. The van der Waals surface area contributed by atoms with Crippen LogP contribution in [-0.2, 0) is 16.1 Å². The average molecular weight is 324 g/mol. The van der Waals surface area contributed by atoms with Gasteiger partial charge >= 0.3 is 5.97 Å². The van der Waals surface area contributed by atoms with Gasteiger partial charge in [0, 0.05) is 22.9 Å². The molecule has 0 N–H and O–H groups in total. The molecule has 0 amide bonds. The lowest BCUT2D eigenvalue weighted by Gasteiger charge is -2.38. The van der Waals surface area contributed by atoms with Crippen LogP contribution < -0.4 is 4.57 Å². The first-order valence-electron chi connectivity index (χ1n) is 8.98. The monoisotopic (exact) mass is 324 g/mol. The molecule has 1 aromatic carbocycles. The molecule has 3 heteroatoms. The number of carbonyl (C=O) groups excluding carboxylic acids is 1. The highest BCUT2D eigenvalue weighted by atomic mass is 16.5. The highest BCUT2D eigenvalue weighted by Gasteiger charge is 2.62. The smallest absolute Gasteiger partial charge is 0.372 e. The molecule has 0 unspecified atom stereocenters. The fraction of sp³-hybridized carbons (Fsp3) is 0.524. The van der Waals surface area contributed by atoms with Crippen LogP contribution in [0.5, 0.6) is 0 Å². The van der Waals surface area contributed by atoms with Crippen molar-refractivity contribution in [2.24, 2.45) is 16.7 Å². The molecule has 0 saturated heterocycles. The molecule has 3 nitrogen and oxygen atoms in total. The number of ether oxygens (including phenoxy) is 1. The first kappa shape index (κ1) is 15.6. The molecule has 3 atom stereocenters. The van der Waals surface area contributed by atoms with E-state index in [-0.39, 0.29) is 29.4 Å². The third-order valence-corrected chi connectivity index (χ3v) is 7.08. The van der Waals surface area contributed by atoms with E-state index >= 15 is 0 Å². The molecule has 1 heterocycles. The molecular weight excluding hydrogens is 298 g/mol. The Morgan fingerprint density at radius 2 is 1.96 bits per heavy atom. The van der Waals surface area contributed by atoms with Crippen LogP contribution in [0.25, 0.3) is 10.9 Å². The number of hydrogen-bond acceptors (Lipinski definition) is 2. The molecule has 0 aliphatic heterocycles. The minimum atomic E-state index is -0.120. The lowest BCUT2D eigenvalue weighted by Crippen LogP contribution is -2.43. The van der Waals surface area contributed by atoms with Gasteiger partial charge in [0.25, 0.3) is 0 Å². The lowest BCUT2D eigenvalue weighted by atomic mass is 9.70. The van der Waals surface area contributed by atoms with Crippen molar-refractivity contribution in [3.05, 3.63) is 42.6 Å². The van der Waals surface area contributed by atoms with Crippen molar-refractivity contribution < 1.29 is 14.1 Å². The number of fused-ring (bicyclic) bond motifs is 3. The fourth-order valence-corrected chi connectivity index (χ4v) is 5.00. The van der Waals surface area contributed by atoms with Crippen LogP contribution in [0.15, 0.2) is 42.6 Å². The van der Waals surface area contributed by atoms with Gasteiger partial charge in [0.05, 0.1) is 0 Å². The molecule has 1 aromatic heterocycles. The van der Waals surface area contributed by atoms with Crippen molar-refractivity contribution in [2.75, 3.05) is 0 Å². The first-order chi connectivity index (χ1) is 11.4. The van der Waals surface area contributed by atoms with E-state index < -0.39 is 0 Å². The molecular formula is C21H26NO2+. The number of benzene rings is 1. The molecule has 2 aromatic rings. The van der Waals surface area contributed by atoms with Gasteiger partial charge in [-0.05, 0) is 42.7 Å². The average Bonchev–Trinajstić information content (AvgIpc) is 2.88. The van der Waals surface area contributed by atoms with Crippen LogP contribution in [0.4, 0.5) is 0 Å². The van der Waals surface area contributed by atoms with E-state index in [4.69, 9.17) is 4.74 Å². The first-order valence-corrected chi connectivity index (χ1v) is 8.98. The summed E-state index contributed by atoms with van der Waals surface area (Å²) in [6.07, 6.45) is 5.49. The fourth-order valence-electron chi connectivity index (χ4n) is 5.00. The summed E-state index contributed by atoms with van der Waals surface area (Å²) in [6, 6.07) is 12.2. The Morgan fingerprint density at radius 1 is 1.21 bits per heavy atom. The van der Waals surface area contributed by atoms with Crippen LogP contribution >= 0.6 is 0 Å². The third kappa shape index (κ3) is 2.17. The third-order valence-electron chi connectivity index (χ3n) is 7.08. The van der Waals surface area contributed by atoms with Crippen molar-refractivity contribution in [1.29, 1.82) is 0 Å². The van der Waals surface area contributed by atoms with E-state index in [1.807, 2.05) is 35.0 Å². The maximum Gasteiger partial charge on any atom is 0.372 e. The highest BCUT2D eigenvalue weighted by Crippen LogP contribution is 2.66. The number of rotatable bonds is 3. The van der Waals surface area contributed by atoms with Gasteiger partial charge in [-0.2, -0.15) is 4.57 Å². The summed E-state index contributed by atoms with van der Waals surface area (Å²) in [5, 5.41) is 1.14. The number of nitrogens with zero attached hydrogens (tertiary/aromatic N) is 1. The molecule has 2 bridgehead atoms. The molecule has 2 aliphatic rings. The zero-order valence-corrected chi connectivity index (χ0v) is 14.8. The number of para-hydroxylation sites is 1. The molecule has 2 aliphatic carbocycles. The summed E-state index contributed by atoms with van der Waals surface area (Å²) in [4.78, 5) is 12.6. The second kappa shape index (κ2) is 5.30. The van der Waals surface area contributed by atoms with Gasteiger partial charge in [-0.15, -0.1) is 0 Å². The Balaban J connectivity index is 1.52. The molecule has 0 radical (unpaired) electrons. The molecule has 0 spiro atoms. The van der Waals surface area contributed by atoms with Crippen LogP contribution in [0, 0.1) is 16.7 Å². The van der Waals surface area contributed by atoms with Crippen molar-refractivity contribution >= 4 is 16.9 Å². The summed E-state index contributed by atoms with van der Waals surface area (Å²) in [5.74, 6) is 0.566. The van der Waals surface area contributed by atoms with E-state index in [1.54, 1.807) is 0 Å². The number of hydrogen-bond donors (Lipinski definition) is 0. The van der Waals surface area contributed by atoms with Crippen LogP contribution in [0.2, 0.25) is 0 Å². The Morgan fingerprint density at radius 3 is 2.67 bits per heavy atom. The largest absolute Gasteiger partial charge is 0.457 e. The number of carbonyl (C=O) groups is 1. The molecule has 2 fully saturated rings. The van der Waals surface area contributed by atoms with Crippen molar-refractivity contribution in [2.45, 2.75) is 52.7 Å². The van der Waals surface area contributed by atoms with Crippen LogP contribution in [-0.4, -0.2) is 12.1 Å². The summed E-state index contributed by atoms with van der Waals surface area (Å²) < 4.78 is 7.96. The minimum Gasteiger partial charge on any atom is -0.457 e. The van der Waals surface area contributed by atoms with Gasteiger partial charge in [0.1, 0.15) is 6.10 Å². The van der Waals surface area contributed by atoms with Gasteiger partial charge in [0.2, 0.25) is 12.1 Å². The quantitative estimate of drug-likeness (QED) is 0.633. The van der Waals surface area contributed by atoms with Gasteiger partial charge in [0.15, 0.2) is 6.20 Å². The SMILES string of the molecule is CC1(C)[C@H]2CC[C@@]1(C)[C@@H](OC(=O)C[n+]1cccc3ccccc31)C2. The zero-order chi connectivity index (χ0) is 16.9.